The number of rotatable bonds is 13. The number of aromatic nitrogens is 1. The summed E-state index contributed by atoms with van der Waals surface area (Å²) in [5, 5.41) is 2.49. The minimum Gasteiger partial charge on any atom is -0.464 e. The maximum Gasteiger partial charge on any atom is 0.188 e. The van der Waals surface area contributed by atoms with Crippen molar-refractivity contribution < 1.29 is 18.9 Å². The molecule has 1 heterocycles. The second-order valence-electron chi connectivity index (χ2n) is 10.7. The Balaban J connectivity index is 1.48. The SMILES string of the molecule is CCCCn1c2cc(-c3ccc(OCOC)c(OCOC)c3)ccc2c2ccc(N(c3ccccc3)c3ccccc3)cc21. The minimum absolute atomic E-state index is 0.127. The van der Waals surface area contributed by atoms with Gasteiger partial charge in [0.2, 0.25) is 0 Å². The molecule has 0 spiro atoms. The topological polar surface area (TPSA) is 45.1 Å². The molecule has 6 heteroatoms. The van der Waals surface area contributed by atoms with Gasteiger partial charge in [0, 0.05) is 54.1 Å². The highest BCUT2D eigenvalue weighted by molar-refractivity contribution is 6.10. The molecule has 0 amide bonds. The molecular weight excluding hydrogens is 548 g/mol. The van der Waals surface area contributed by atoms with Crippen molar-refractivity contribution >= 4 is 38.9 Å². The number of unbranched alkanes of at least 4 members (excludes halogenated alkanes) is 1. The molecule has 6 nitrogen and oxygen atoms in total. The van der Waals surface area contributed by atoms with Crippen LogP contribution in [0.4, 0.5) is 17.1 Å². The van der Waals surface area contributed by atoms with Crippen LogP contribution >= 0.6 is 0 Å². The number of nitrogens with zero attached hydrogens (tertiary/aromatic N) is 2. The Morgan fingerprint density at radius 2 is 1.14 bits per heavy atom. The van der Waals surface area contributed by atoms with Crippen molar-refractivity contribution in [1.82, 2.24) is 4.57 Å². The van der Waals surface area contributed by atoms with Crippen LogP contribution in [0.15, 0.2) is 115 Å². The molecule has 1 aromatic heterocycles. The first kappa shape index (κ1) is 29.3. The Labute approximate surface area is 259 Å². The van der Waals surface area contributed by atoms with Crippen LogP contribution in [0.25, 0.3) is 32.9 Å². The Kier molecular flexibility index (Phi) is 9.11. The highest BCUT2D eigenvalue weighted by atomic mass is 16.7. The van der Waals surface area contributed by atoms with E-state index in [1.807, 2.05) is 12.1 Å². The fourth-order valence-corrected chi connectivity index (χ4v) is 5.73. The number of hydrogen-bond acceptors (Lipinski definition) is 5. The molecule has 0 fully saturated rings. The Hall–Kier alpha value is -4.78. The van der Waals surface area contributed by atoms with Crippen molar-refractivity contribution in [2.45, 2.75) is 26.3 Å². The normalized spacial score (nSPS) is 11.2. The molecule has 0 saturated carbocycles. The second-order valence-corrected chi connectivity index (χ2v) is 10.7. The summed E-state index contributed by atoms with van der Waals surface area (Å²) in [6, 6.07) is 40.6. The molecule has 0 radical (unpaired) electrons. The van der Waals surface area contributed by atoms with Crippen molar-refractivity contribution in [3.8, 4) is 22.6 Å². The van der Waals surface area contributed by atoms with Gasteiger partial charge in [-0.1, -0.05) is 74.0 Å². The van der Waals surface area contributed by atoms with Gasteiger partial charge in [-0.25, -0.2) is 0 Å². The van der Waals surface area contributed by atoms with Crippen LogP contribution in [0.3, 0.4) is 0 Å². The summed E-state index contributed by atoms with van der Waals surface area (Å²) < 4.78 is 24.3. The summed E-state index contributed by atoms with van der Waals surface area (Å²) in [5.41, 5.74) is 7.97. The quantitative estimate of drug-likeness (QED) is 0.126. The smallest absolute Gasteiger partial charge is 0.188 e. The largest absolute Gasteiger partial charge is 0.464 e. The number of anilines is 3. The van der Waals surface area contributed by atoms with Gasteiger partial charge < -0.3 is 28.4 Å². The first-order chi connectivity index (χ1) is 21.7. The first-order valence-electron chi connectivity index (χ1n) is 15.1. The molecule has 6 rings (SSSR count). The lowest BCUT2D eigenvalue weighted by Gasteiger charge is -2.25. The molecule has 0 aliphatic rings. The highest BCUT2D eigenvalue weighted by Gasteiger charge is 2.17. The zero-order valence-electron chi connectivity index (χ0n) is 25.5. The number of fused-ring (bicyclic) bond motifs is 3. The Bertz CT molecular complexity index is 1790. The van der Waals surface area contributed by atoms with E-state index in [-0.39, 0.29) is 13.6 Å². The second kappa shape index (κ2) is 13.7. The van der Waals surface area contributed by atoms with Crippen LogP contribution in [0.1, 0.15) is 19.8 Å². The predicted octanol–water partition coefficient (Wildman–Crippen LogP) is 9.70. The molecule has 0 bridgehead atoms. The lowest BCUT2D eigenvalue weighted by molar-refractivity contribution is 0.0323. The van der Waals surface area contributed by atoms with Crippen LogP contribution in [0.5, 0.6) is 11.5 Å². The van der Waals surface area contributed by atoms with Crippen molar-refractivity contribution in [1.29, 1.82) is 0 Å². The predicted molar refractivity (Wildman–Crippen MR) is 179 cm³/mol. The Morgan fingerprint density at radius 3 is 1.77 bits per heavy atom. The first-order valence-corrected chi connectivity index (χ1v) is 15.1. The monoisotopic (exact) mass is 586 g/mol. The number of aryl methyl sites for hydroxylation is 1. The van der Waals surface area contributed by atoms with Gasteiger partial charge in [-0.05, 0) is 72.1 Å². The summed E-state index contributed by atoms with van der Waals surface area (Å²) in [6.45, 7) is 3.45. The molecule has 0 aliphatic carbocycles. The number of hydrogen-bond donors (Lipinski definition) is 0. The van der Waals surface area contributed by atoms with Gasteiger partial charge in [0.15, 0.2) is 25.1 Å². The third-order valence-electron chi connectivity index (χ3n) is 7.81. The van der Waals surface area contributed by atoms with E-state index in [1.165, 1.54) is 21.8 Å². The molecule has 0 aliphatic heterocycles. The Morgan fingerprint density at radius 1 is 0.568 bits per heavy atom. The molecular formula is C38H38N2O4. The van der Waals surface area contributed by atoms with E-state index >= 15 is 0 Å². The van der Waals surface area contributed by atoms with E-state index in [4.69, 9.17) is 18.9 Å². The molecule has 0 atom stereocenters. The molecule has 224 valence electrons. The van der Waals surface area contributed by atoms with Gasteiger partial charge in [-0.3, -0.25) is 0 Å². The maximum atomic E-state index is 5.85. The van der Waals surface area contributed by atoms with Crippen LogP contribution < -0.4 is 14.4 Å². The van der Waals surface area contributed by atoms with E-state index in [9.17, 15) is 0 Å². The standard InChI is InChI=1S/C38H38N2O4/c1-4-5-22-39-35-23-28(29-17-21-37(43-26-41-2)38(24-29)44-27-42-3)16-19-33(35)34-20-18-32(25-36(34)39)40(30-12-8-6-9-13-30)31-14-10-7-11-15-31/h6-21,23-25H,4-5,22,26-27H2,1-3H3. The minimum atomic E-state index is 0.127. The number of ether oxygens (including phenoxy) is 4. The summed E-state index contributed by atoms with van der Waals surface area (Å²) in [5.74, 6) is 1.22. The highest BCUT2D eigenvalue weighted by Crippen LogP contribution is 2.40. The van der Waals surface area contributed by atoms with E-state index in [0.717, 1.165) is 47.6 Å². The van der Waals surface area contributed by atoms with Gasteiger partial charge in [-0.15, -0.1) is 0 Å². The number of para-hydroxylation sites is 2. The van der Waals surface area contributed by atoms with Gasteiger partial charge in [0.1, 0.15) is 0 Å². The van der Waals surface area contributed by atoms with Crippen LogP contribution in [-0.4, -0.2) is 32.4 Å². The van der Waals surface area contributed by atoms with Crippen molar-refractivity contribution in [3.63, 3.8) is 0 Å². The lowest BCUT2D eigenvalue weighted by Crippen LogP contribution is -2.09. The third-order valence-corrected chi connectivity index (χ3v) is 7.81. The van der Waals surface area contributed by atoms with Crippen LogP contribution in [-0.2, 0) is 16.0 Å². The summed E-state index contributed by atoms with van der Waals surface area (Å²) in [7, 11) is 3.20. The molecule has 0 saturated heterocycles. The molecule has 6 aromatic rings. The van der Waals surface area contributed by atoms with E-state index < -0.39 is 0 Å². The number of benzene rings is 5. The van der Waals surface area contributed by atoms with Crippen LogP contribution in [0.2, 0.25) is 0 Å². The zero-order chi connectivity index (χ0) is 30.3. The summed E-state index contributed by atoms with van der Waals surface area (Å²) in [6.07, 6.45) is 2.21. The maximum absolute atomic E-state index is 5.85. The zero-order valence-corrected chi connectivity index (χ0v) is 25.5. The van der Waals surface area contributed by atoms with E-state index in [0.29, 0.717) is 11.5 Å². The van der Waals surface area contributed by atoms with Crippen LogP contribution in [0, 0.1) is 0 Å². The van der Waals surface area contributed by atoms with Gasteiger partial charge in [-0.2, -0.15) is 0 Å². The number of methoxy groups -OCH3 is 2. The fourth-order valence-electron chi connectivity index (χ4n) is 5.73. The third kappa shape index (κ3) is 6.00. The summed E-state index contributed by atoms with van der Waals surface area (Å²) in [4.78, 5) is 2.32. The van der Waals surface area contributed by atoms with E-state index in [2.05, 4.69) is 120 Å². The lowest BCUT2D eigenvalue weighted by atomic mass is 10.0. The molecule has 44 heavy (non-hydrogen) atoms. The average molecular weight is 587 g/mol. The van der Waals surface area contributed by atoms with Gasteiger partial charge in [0.25, 0.3) is 0 Å². The molecule has 5 aromatic carbocycles. The van der Waals surface area contributed by atoms with Gasteiger partial charge >= 0.3 is 0 Å². The summed E-state index contributed by atoms with van der Waals surface area (Å²) >= 11 is 0. The van der Waals surface area contributed by atoms with Gasteiger partial charge in [0.05, 0.1) is 5.52 Å². The molecule has 0 unspecified atom stereocenters. The molecule has 0 N–H and O–H groups in total. The van der Waals surface area contributed by atoms with Crippen molar-refractivity contribution in [2.75, 3.05) is 32.7 Å². The van der Waals surface area contributed by atoms with Crippen molar-refractivity contribution in [3.05, 3.63) is 115 Å². The average Bonchev–Trinajstić information content (AvgIpc) is 3.38. The fraction of sp³-hybridized carbons (Fsp3) is 0.211. The van der Waals surface area contributed by atoms with E-state index in [1.54, 1.807) is 14.2 Å². The van der Waals surface area contributed by atoms with Crippen molar-refractivity contribution in [2.24, 2.45) is 0 Å².